The second-order valence-corrected chi connectivity index (χ2v) is 5.41. The standard InChI is InChI=1S/C11H24N2O/c1-8-11(5,6)13(7)9(14)12-10(2,3)4/h8H2,1-7H3,(H,12,14). The predicted octanol–water partition coefficient (Wildman–Crippen LogP) is 2.61. The molecule has 0 spiro atoms. The Hall–Kier alpha value is -0.730. The number of hydrogen-bond donors (Lipinski definition) is 1. The van der Waals surface area contributed by atoms with Gasteiger partial charge in [-0.25, -0.2) is 4.79 Å². The molecule has 0 heterocycles. The zero-order valence-electron chi connectivity index (χ0n) is 10.6. The lowest BCUT2D eigenvalue weighted by Crippen LogP contribution is -2.53. The number of nitrogens with zero attached hydrogens (tertiary/aromatic N) is 1. The topological polar surface area (TPSA) is 32.3 Å². The van der Waals surface area contributed by atoms with Gasteiger partial charge >= 0.3 is 6.03 Å². The molecule has 1 N–H and O–H groups in total. The summed E-state index contributed by atoms with van der Waals surface area (Å²) in [7, 11) is 1.84. The average molecular weight is 200 g/mol. The minimum atomic E-state index is -0.171. The summed E-state index contributed by atoms with van der Waals surface area (Å²) in [6, 6.07) is -0.00986. The quantitative estimate of drug-likeness (QED) is 0.730. The normalized spacial score (nSPS) is 12.5. The lowest BCUT2D eigenvalue weighted by atomic mass is 10.0. The van der Waals surface area contributed by atoms with E-state index in [4.69, 9.17) is 0 Å². The van der Waals surface area contributed by atoms with Gasteiger partial charge in [-0.3, -0.25) is 0 Å². The molecule has 2 amide bonds. The van der Waals surface area contributed by atoms with Crippen molar-refractivity contribution in [2.75, 3.05) is 7.05 Å². The third-order valence-corrected chi connectivity index (χ3v) is 2.56. The van der Waals surface area contributed by atoms with E-state index in [0.717, 1.165) is 6.42 Å². The fraction of sp³-hybridized carbons (Fsp3) is 0.909. The Kier molecular flexibility index (Phi) is 3.98. The van der Waals surface area contributed by atoms with Crippen LogP contribution in [-0.2, 0) is 0 Å². The van der Waals surface area contributed by atoms with Crippen molar-refractivity contribution in [2.24, 2.45) is 0 Å². The van der Waals surface area contributed by atoms with Gasteiger partial charge in [-0.15, -0.1) is 0 Å². The highest BCUT2D eigenvalue weighted by Gasteiger charge is 2.27. The molecule has 0 aliphatic heterocycles. The van der Waals surface area contributed by atoms with Gasteiger partial charge in [0.1, 0.15) is 0 Å². The first-order valence-corrected chi connectivity index (χ1v) is 5.16. The molecule has 0 saturated carbocycles. The number of nitrogens with one attached hydrogen (secondary N) is 1. The summed E-state index contributed by atoms with van der Waals surface area (Å²) < 4.78 is 0. The summed E-state index contributed by atoms with van der Waals surface area (Å²) in [6.07, 6.45) is 0.945. The first kappa shape index (κ1) is 13.3. The van der Waals surface area contributed by atoms with Gasteiger partial charge in [-0.2, -0.15) is 0 Å². The number of carbonyl (C=O) groups is 1. The number of carbonyl (C=O) groups excluding carboxylic acids is 1. The average Bonchev–Trinajstić information content (AvgIpc) is 2.00. The maximum atomic E-state index is 11.8. The van der Waals surface area contributed by atoms with Crippen LogP contribution in [-0.4, -0.2) is 29.1 Å². The van der Waals surface area contributed by atoms with Gasteiger partial charge in [0.2, 0.25) is 0 Å². The molecule has 0 aromatic heterocycles. The highest BCUT2D eigenvalue weighted by Crippen LogP contribution is 2.16. The van der Waals surface area contributed by atoms with Crippen molar-refractivity contribution in [2.45, 2.75) is 59.0 Å². The number of hydrogen-bond acceptors (Lipinski definition) is 1. The fourth-order valence-corrected chi connectivity index (χ4v) is 0.917. The number of urea groups is 1. The van der Waals surface area contributed by atoms with Crippen molar-refractivity contribution in [3.63, 3.8) is 0 Å². The monoisotopic (exact) mass is 200 g/mol. The lowest BCUT2D eigenvalue weighted by molar-refractivity contribution is 0.146. The Morgan fingerprint density at radius 1 is 1.21 bits per heavy atom. The van der Waals surface area contributed by atoms with Crippen LogP contribution in [0.5, 0.6) is 0 Å². The molecular formula is C11H24N2O. The van der Waals surface area contributed by atoms with Crippen LogP contribution in [0.25, 0.3) is 0 Å². The van der Waals surface area contributed by atoms with Gasteiger partial charge in [0.25, 0.3) is 0 Å². The van der Waals surface area contributed by atoms with E-state index in [1.54, 1.807) is 4.90 Å². The zero-order chi connectivity index (χ0) is 11.6. The third-order valence-electron chi connectivity index (χ3n) is 2.56. The summed E-state index contributed by atoms with van der Waals surface area (Å²) in [5.41, 5.74) is -0.259. The van der Waals surface area contributed by atoms with E-state index in [1.165, 1.54) is 0 Å². The first-order valence-electron chi connectivity index (χ1n) is 5.16. The molecule has 0 radical (unpaired) electrons. The van der Waals surface area contributed by atoms with E-state index >= 15 is 0 Å². The first-order chi connectivity index (χ1) is 6.10. The smallest absolute Gasteiger partial charge is 0.317 e. The van der Waals surface area contributed by atoms with Crippen molar-refractivity contribution >= 4 is 6.03 Å². The number of rotatable bonds is 2. The Bertz CT molecular complexity index is 204. The van der Waals surface area contributed by atoms with Crippen LogP contribution in [0.2, 0.25) is 0 Å². The van der Waals surface area contributed by atoms with Gasteiger partial charge in [0.05, 0.1) is 0 Å². The van der Waals surface area contributed by atoms with E-state index in [2.05, 4.69) is 26.1 Å². The van der Waals surface area contributed by atoms with Gasteiger partial charge in [-0.05, 0) is 41.0 Å². The highest BCUT2D eigenvalue weighted by molar-refractivity contribution is 5.75. The van der Waals surface area contributed by atoms with Crippen LogP contribution in [0.3, 0.4) is 0 Å². The molecule has 14 heavy (non-hydrogen) atoms. The molecule has 0 saturated heterocycles. The maximum Gasteiger partial charge on any atom is 0.317 e. The van der Waals surface area contributed by atoms with Crippen LogP contribution < -0.4 is 5.32 Å². The largest absolute Gasteiger partial charge is 0.333 e. The Balaban J connectivity index is 4.41. The third kappa shape index (κ3) is 3.99. The molecule has 84 valence electrons. The van der Waals surface area contributed by atoms with Crippen molar-refractivity contribution in [1.82, 2.24) is 10.2 Å². The Labute approximate surface area is 87.9 Å². The van der Waals surface area contributed by atoms with E-state index in [1.807, 2.05) is 27.8 Å². The molecule has 3 nitrogen and oxygen atoms in total. The minimum Gasteiger partial charge on any atom is -0.333 e. The Morgan fingerprint density at radius 3 is 1.93 bits per heavy atom. The fourth-order valence-electron chi connectivity index (χ4n) is 0.917. The van der Waals surface area contributed by atoms with Gasteiger partial charge in [0, 0.05) is 18.1 Å². The molecule has 3 heteroatoms. The Morgan fingerprint density at radius 2 is 1.64 bits per heavy atom. The number of amides is 2. The highest BCUT2D eigenvalue weighted by atomic mass is 16.2. The van der Waals surface area contributed by atoms with Crippen molar-refractivity contribution in [3.05, 3.63) is 0 Å². The van der Waals surface area contributed by atoms with Crippen molar-refractivity contribution in [3.8, 4) is 0 Å². The maximum absolute atomic E-state index is 11.8. The molecule has 0 bridgehead atoms. The summed E-state index contributed by atoms with van der Waals surface area (Å²) in [5.74, 6) is 0. The predicted molar refractivity (Wildman–Crippen MR) is 60.4 cm³/mol. The van der Waals surface area contributed by atoms with Crippen LogP contribution in [0.15, 0.2) is 0 Å². The molecule has 0 rings (SSSR count). The minimum absolute atomic E-state index is 0.00986. The van der Waals surface area contributed by atoms with Crippen molar-refractivity contribution < 1.29 is 4.79 Å². The van der Waals surface area contributed by atoms with Gasteiger partial charge in [-0.1, -0.05) is 6.92 Å². The molecule has 0 aromatic carbocycles. The van der Waals surface area contributed by atoms with Crippen molar-refractivity contribution in [1.29, 1.82) is 0 Å². The summed E-state index contributed by atoms with van der Waals surface area (Å²) in [4.78, 5) is 13.5. The zero-order valence-corrected chi connectivity index (χ0v) is 10.6. The van der Waals surface area contributed by atoms with Crippen LogP contribution in [0.4, 0.5) is 4.79 Å². The molecule has 0 unspecified atom stereocenters. The molecule has 0 atom stereocenters. The SMILES string of the molecule is CCC(C)(C)N(C)C(=O)NC(C)(C)C. The molecular weight excluding hydrogens is 176 g/mol. The van der Waals surface area contributed by atoms with E-state index in [0.29, 0.717) is 0 Å². The summed E-state index contributed by atoms with van der Waals surface area (Å²) >= 11 is 0. The second-order valence-electron chi connectivity index (χ2n) is 5.41. The van der Waals surface area contributed by atoms with E-state index in [-0.39, 0.29) is 17.1 Å². The van der Waals surface area contributed by atoms with Crippen LogP contribution in [0, 0.1) is 0 Å². The van der Waals surface area contributed by atoms with Gasteiger partial charge < -0.3 is 10.2 Å². The van der Waals surface area contributed by atoms with Gasteiger partial charge in [0.15, 0.2) is 0 Å². The molecule has 0 aliphatic carbocycles. The lowest BCUT2D eigenvalue weighted by Gasteiger charge is -2.36. The van der Waals surface area contributed by atoms with E-state index < -0.39 is 0 Å². The molecule has 0 fully saturated rings. The summed E-state index contributed by atoms with van der Waals surface area (Å²) in [6.45, 7) is 12.2. The second kappa shape index (κ2) is 4.20. The molecule has 0 aromatic rings. The van der Waals surface area contributed by atoms with E-state index in [9.17, 15) is 4.79 Å². The van der Waals surface area contributed by atoms with Crippen LogP contribution >= 0.6 is 0 Å². The summed E-state index contributed by atoms with van der Waals surface area (Å²) in [5, 5.41) is 2.95. The van der Waals surface area contributed by atoms with Crippen LogP contribution in [0.1, 0.15) is 48.0 Å². The molecule has 0 aliphatic rings.